The maximum absolute atomic E-state index is 12.0. The molecular weight excluding hydrogens is 410 g/mol. The maximum Gasteiger partial charge on any atom is 0.407 e. The van der Waals surface area contributed by atoms with Crippen LogP contribution in [-0.4, -0.2) is 51.1 Å². The van der Waals surface area contributed by atoms with Gasteiger partial charge in [0, 0.05) is 24.7 Å². The lowest BCUT2D eigenvalue weighted by atomic mass is 10.1. The molecule has 0 saturated carbocycles. The molecule has 1 aliphatic heterocycles. The summed E-state index contributed by atoms with van der Waals surface area (Å²) in [5.41, 5.74) is 1.84. The summed E-state index contributed by atoms with van der Waals surface area (Å²) in [6, 6.07) is 9.88. The summed E-state index contributed by atoms with van der Waals surface area (Å²) >= 11 is 0. The van der Waals surface area contributed by atoms with Crippen molar-refractivity contribution in [2.75, 3.05) is 13.1 Å². The predicted molar refractivity (Wildman–Crippen MR) is 118 cm³/mol. The highest BCUT2D eigenvalue weighted by molar-refractivity contribution is 5.77. The second-order valence-corrected chi connectivity index (χ2v) is 9.03. The molecule has 1 saturated heterocycles. The average Bonchev–Trinajstić information content (AvgIpc) is 3.35. The second kappa shape index (κ2) is 9.12. The highest BCUT2D eigenvalue weighted by atomic mass is 16.6. The van der Waals surface area contributed by atoms with E-state index in [9.17, 15) is 4.79 Å². The molecule has 0 bridgehead atoms. The molecule has 1 aromatic carbocycles. The number of carbonyl (C=O) groups is 1. The Morgan fingerprint density at radius 2 is 1.91 bits per heavy atom. The SMILES string of the molecule is Cc1onc(-c2ccccc2)c1-c1nnc(CN2CCC(NC(=O)OC(C)(C)C)CC2)o1. The van der Waals surface area contributed by atoms with Crippen molar-refractivity contribution < 1.29 is 18.5 Å². The fraction of sp³-hybridized carbons (Fsp3) is 0.478. The van der Waals surface area contributed by atoms with Crippen LogP contribution in [0.2, 0.25) is 0 Å². The fourth-order valence-electron chi connectivity index (χ4n) is 3.74. The molecule has 2 aromatic heterocycles. The van der Waals surface area contributed by atoms with Crippen molar-refractivity contribution in [2.45, 2.75) is 58.7 Å². The molecule has 0 unspecified atom stereocenters. The average molecular weight is 440 g/mol. The van der Waals surface area contributed by atoms with Gasteiger partial charge in [-0.1, -0.05) is 35.5 Å². The van der Waals surface area contributed by atoms with Crippen LogP contribution in [-0.2, 0) is 11.3 Å². The van der Waals surface area contributed by atoms with Crippen LogP contribution in [0.5, 0.6) is 0 Å². The lowest BCUT2D eigenvalue weighted by Gasteiger charge is -2.31. The smallest absolute Gasteiger partial charge is 0.407 e. The minimum Gasteiger partial charge on any atom is -0.444 e. The molecule has 1 aliphatic rings. The first-order valence-electron chi connectivity index (χ1n) is 10.8. The minimum absolute atomic E-state index is 0.104. The molecule has 9 heteroatoms. The number of benzene rings is 1. The van der Waals surface area contributed by atoms with Gasteiger partial charge in [-0.05, 0) is 40.5 Å². The van der Waals surface area contributed by atoms with E-state index in [1.165, 1.54) is 0 Å². The van der Waals surface area contributed by atoms with Crippen LogP contribution < -0.4 is 5.32 Å². The van der Waals surface area contributed by atoms with Gasteiger partial charge in [-0.3, -0.25) is 4.90 Å². The molecule has 1 amide bonds. The van der Waals surface area contributed by atoms with Gasteiger partial charge >= 0.3 is 6.09 Å². The number of rotatable bonds is 5. The van der Waals surface area contributed by atoms with Crippen LogP contribution in [0.15, 0.2) is 39.3 Å². The van der Waals surface area contributed by atoms with Crippen molar-refractivity contribution in [3.05, 3.63) is 42.0 Å². The molecule has 0 aliphatic carbocycles. The van der Waals surface area contributed by atoms with Crippen molar-refractivity contribution in [3.8, 4) is 22.7 Å². The zero-order valence-electron chi connectivity index (χ0n) is 18.9. The first-order valence-corrected chi connectivity index (χ1v) is 10.8. The van der Waals surface area contributed by atoms with E-state index in [0.717, 1.165) is 37.1 Å². The van der Waals surface area contributed by atoms with E-state index in [4.69, 9.17) is 13.7 Å². The normalized spacial score (nSPS) is 15.6. The van der Waals surface area contributed by atoms with Crippen molar-refractivity contribution in [2.24, 2.45) is 0 Å². The van der Waals surface area contributed by atoms with E-state index < -0.39 is 5.60 Å². The molecule has 32 heavy (non-hydrogen) atoms. The van der Waals surface area contributed by atoms with Gasteiger partial charge in [0.1, 0.15) is 22.6 Å². The molecule has 3 aromatic rings. The number of amides is 1. The summed E-state index contributed by atoms with van der Waals surface area (Å²) in [6.45, 7) is 9.60. The Kier molecular flexibility index (Phi) is 6.27. The first-order chi connectivity index (χ1) is 15.3. The summed E-state index contributed by atoms with van der Waals surface area (Å²) in [5.74, 6) is 1.57. The van der Waals surface area contributed by atoms with E-state index in [0.29, 0.717) is 29.8 Å². The fourth-order valence-corrected chi connectivity index (χ4v) is 3.74. The van der Waals surface area contributed by atoms with Crippen LogP contribution in [0.1, 0.15) is 45.3 Å². The Morgan fingerprint density at radius 1 is 1.19 bits per heavy atom. The van der Waals surface area contributed by atoms with Gasteiger partial charge in [0.15, 0.2) is 0 Å². The van der Waals surface area contributed by atoms with Gasteiger partial charge in [0.25, 0.3) is 5.89 Å². The Bertz CT molecular complexity index is 1050. The molecule has 0 spiro atoms. The van der Waals surface area contributed by atoms with Crippen molar-refractivity contribution >= 4 is 6.09 Å². The summed E-state index contributed by atoms with van der Waals surface area (Å²) in [7, 11) is 0. The van der Waals surface area contributed by atoms with Crippen LogP contribution in [0, 0.1) is 6.92 Å². The van der Waals surface area contributed by atoms with Crippen LogP contribution in [0.25, 0.3) is 22.7 Å². The third kappa shape index (κ3) is 5.34. The van der Waals surface area contributed by atoms with Gasteiger partial charge in [0.05, 0.1) is 6.54 Å². The zero-order chi connectivity index (χ0) is 22.7. The van der Waals surface area contributed by atoms with Gasteiger partial charge in [-0.25, -0.2) is 4.79 Å². The largest absolute Gasteiger partial charge is 0.444 e. The Morgan fingerprint density at radius 3 is 2.59 bits per heavy atom. The zero-order valence-corrected chi connectivity index (χ0v) is 18.9. The number of nitrogens with zero attached hydrogens (tertiary/aromatic N) is 4. The second-order valence-electron chi connectivity index (χ2n) is 9.03. The molecule has 9 nitrogen and oxygen atoms in total. The van der Waals surface area contributed by atoms with Gasteiger partial charge in [0.2, 0.25) is 5.89 Å². The number of carbonyl (C=O) groups excluding carboxylic acids is 1. The molecule has 1 N–H and O–H groups in total. The molecule has 1 fully saturated rings. The highest BCUT2D eigenvalue weighted by Gasteiger charge is 2.26. The summed E-state index contributed by atoms with van der Waals surface area (Å²) in [4.78, 5) is 14.2. The Hall–Kier alpha value is -3.20. The molecular formula is C23H29N5O4. The van der Waals surface area contributed by atoms with Gasteiger partial charge < -0.3 is 19.0 Å². The van der Waals surface area contributed by atoms with E-state index in [1.807, 2.05) is 58.0 Å². The monoisotopic (exact) mass is 439 g/mol. The number of hydrogen-bond acceptors (Lipinski definition) is 8. The van der Waals surface area contributed by atoms with Gasteiger partial charge in [-0.15, -0.1) is 10.2 Å². The van der Waals surface area contributed by atoms with Crippen molar-refractivity contribution in [1.82, 2.24) is 25.6 Å². The molecule has 3 heterocycles. The molecule has 170 valence electrons. The number of piperidine rings is 1. The quantitative estimate of drug-likeness (QED) is 0.631. The van der Waals surface area contributed by atoms with E-state index in [-0.39, 0.29) is 12.1 Å². The lowest BCUT2D eigenvalue weighted by molar-refractivity contribution is 0.0475. The van der Waals surface area contributed by atoms with E-state index >= 15 is 0 Å². The lowest BCUT2D eigenvalue weighted by Crippen LogP contribution is -2.45. The third-order valence-corrected chi connectivity index (χ3v) is 5.26. The number of alkyl carbamates (subject to hydrolysis) is 1. The highest BCUT2D eigenvalue weighted by Crippen LogP contribution is 2.33. The predicted octanol–water partition coefficient (Wildman–Crippen LogP) is 4.19. The Labute approximate surface area is 187 Å². The maximum atomic E-state index is 12.0. The summed E-state index contributed by atoms with van der Waals surface area (Å²) in [5, 5.41) is 15.6. The van der Waals surface area contributed by atoms with Crippen molar-refractivity contribution in [1.29, 1.82) is 0 Å². The molecule has 0 radical (unpaired) electrons. The van der Waals surface area contributed by atoms with Crippen LogP contribution >= 0.6 is 0 Å². The topological polar surface area (TPSA) is 107 Å². The Balaban J connectivity index is 1.36. The number of likely N-dealkylation sites (tertiary alicyclic amines) is 1. The van der Waals surface area contributed by atoms with E-state index in [2.05, 4.69) is 25.6 Å². The number of nitrogens with one attached hydrogen (secondary N) is 1. The summed E-state index contributed by atoms with van der Waals surface area (Å²) in [6.07, 6.45) is 1.31. The standard InChI is InChI=1S/C23H29N5O4/c1-15-19(20(27-32-15)16-8-6-5-7-9-16)21-26-25-18(30-21)14-28-12-10-17(11-13-28)24-22(29)31-23(2,3)4/h5-9,17H,10-14H2,1-4H3,(H,24,29). The number of ether oxygens (including phenoxy) is 1. The third-order valence-electron chi connectivity index (χ3n) is 5.26. The van der Waals surface area contributed by atoms with Crippen molar-refractivity contribution in [3.63, 3.8) is 0 Å². The number of aryl methyl sites for hydroxylation is 1. The number of aromatic nitrogens is 3. The summed E-state index contributed by atoms with van der Waals surface area (Å²) < 4.78 is 16.7. The number of hydrogen-bond donors (Lipinski definition) is 1. The van der Waals surface area contributed by atoms with Crippen LogP contribution in [0.4, 0.5) is 4.79 Å². The molecule has 0 atom stereocenters. The van der Waals surface area contributed by atoms with E-state index in [1.54, 1.807) is 0 Å². The molecule has 4 rings (SSSR count). The first kappa shape index (κ1) is 22.0. The minimum atomic E-state index is -0.496. The van der Waals surface area contributed by atoms with Gasteiger partial charge in [-0.2, -0.15) is 0 Å². The van der Waals surface area contributed by atoms with Crippen LogP contribution in [0.3, 0.4) is 0 Å².